The quantitative estimate of drug-likeness (QED) is 0.476. The Morgan fingerprint density at radius 1 is 1.30 bits per heavy atom. The molecule has 0 saturated heterocycles. The Balaban J connectivity index is 1.65. The number of fused-ring (bicyclic) bond motifs is 2. The van der Waals surface area contributed by atoms with Gasteiger partial charge in [-0.25, -0.2) is 14.3 Å². The average Bonchev–Trinajstić information content (AvgIpc) is 3.33. The van der Waals surface area contributed by atoms with Gasteiger partial charge in [-0.2, -0.15) is 5.26 Å². The number of hydrogen-bond acceptors (Lipinski definition) is 6. The standard InChI is InChI=1S/C21H16N6O3/c1-29-16-4-2-3-15(8-16)24-20-18(26-19-14(9-22)10-23-27(19)20)12-5-6-13-11-30-21(28)25-17(13)7-12/h2-8,10,23-24H,11H2,1H3,(H,25,28). The summed E-state index contributed by atoms with van der Waals surface area (Å²) < 4.78 is 12.0. The zero-order valence-electron chi connectivity index (χ0n) is 15.9. The third-order valence-corrected chi connectivity index (χ3v) is 4.89. The van der Waals surface area contributed by atoms with E-state index >= 15 is 0 Å². The highest BCUT2D eigenvalue weighted by molar-refractivity contribution is 5.90. The molecule has 2 aromatic carbocycles. The van der Waals surface area contributed by atoms with Crippen LogP contribution in [-0.2, 0) is 11.3 Å². The first kappa shape index (κ1) is 17.6. The van der Waals surface area contributed by atoms with Crippen LogP contribution in [0.25, 0.3) is 16.9 Å². The molecule has 0 bridgehead atoms. The highest BCUT2D eigenvalue weighted by Gasteiger charge is 2.21. The van der Waals surface area contributed by atoms with Crippen molar-refractivity contribution in [3.63, 3.8) is 0 Å². The first-order valence-corrected chi connectivity index (χ1v) is 9.14. The van der Waals surface area contributed by atoms with E-state index in [9.17, 15) is 10.1 Å². The molecule has 1 aliphatic rings. The number of benzene rings is 2. The Morgan fingerprint density at radius 3 is 3.03 bits per heavy atom. The van der Waals surface area contributed by atoms with Crippen LogP contribution in [-0.4, -0.2) is 27.8 Å². The second-order valence-corrected chi connectivity index (χ2v) is 6.70. The number of cyclic esters (lactones) is 1. The lowest BCUT2D eigenvalue weighted by Crippen LogP contribution is -2.20. The van der Waals surface area contributed by atoms with Gasteiger partial charge in [0.15, 0.2) is 11.5 Å². The second kappa shape index (κ2) is 6.86. The maximum Gasteiger partial charge on any atom is 0.411 e. The smallest absolute Gasteiger partial charge is 0.411 e. The number of hydrogen-bond donors (Lipinski definition) is 3. The van der Waals surface area contributed by atoms with Crippen molar-refractivity contribution in [2.75, 3.05) is 17.7 Å². The Kier molecular flexibility index (Phi) is 4.03. The molecule has 1 amide bonds. The van der Waals surface area contributed by atoms with Gasteiger partial charge in [0.1, 0.15) is 29.7 Å². The number of nitriles is 1. The minimum atomic E-state index is -0.488. The molecular formula is C21H16N6O3. The van der Waals surface area contributed by atoms with Crippen molar-refractivity contribution in [2.24, 2.45) is 0 Å². The summed E-state index contributed by atoms with van der Waals surface area (Å²) in [6.07, 6.45) is 1.12. The molecule has 4 aromatic rings. The van der Waals surface area contributed by atoms with Gasteiger partial charge in [-0.15, -0.1) is 0 Å². The van der Waals surface area contributed by atoms with E-state index in [0.717, 1.165) is 16.8 Å². The lowest BCUT2D eigenvalue weighted by molar-refractivity contribution is 0.151. The molecule has 2 aromatic heterocycles. The van der Waals surface area contributed by atoms with Gasteiger partial charge in [0.05, 0.1) is 12.8 Å². The number of H-pyrrole nitrogens is 1. The van der Waals surface area contributed by atoms with E-state index in [4.69, 9.17) is 14.5 Å². The van der Waals surface area contributed by atoms with Crippen LogP contribution in [0.2, 0.25) is 0 Å². The Labute approximate surface area is 170 Å². The number of aromatic amines is 1. The molecule has 30 heavy (non-hydrogen) atoms. The number of carbonyl (C=O) groups excluding carboxylic acids is 1. The van der Waals surface area contributed by atoms with Gasteiger partial charge in [-0.3, -0.25) is 10.4 Å². The van der Waals surface area contributed by atoms with Crippen LogP contribution in [0.4, 0.5) is 22.0 Å². The summed E-state index contributed by atoms with van der Waals surface area (Å²) in [4.78, 5) is 16.3. The van der Waals surface area contributed by atoms with E-state index in [1.54, 1.807) is 17.8 Å². The van der Waals surface area contributed by atoms with Crippen molar-refractivity contribution in [2.45, 2.75) is 6.61 Å². The van der Waals surface area contributed by atoms with Gasteiger partial charge in [-0.1, -0.05) is 18.2 Å². The van der Waals surface area contributed by atoms with E-state index in [0.29, 0.717) is 34.2 Å². The van der Waals surface area contributed by atoms with Crippen molar-refractivity contribution in [3.8, 4) is 23.1 Å². The molecule has 0 aliphatic carbocycles. The van der Waals surface area contributed by atoms with Crippen molar-refractivity contribution >= 4 is 28.9 Å². The average molecular weight is 400 g/mol. The minimum Gasteiger partial charge on any atom is -0.497 e. The minimum absolute atomic E-state index is 0.221. The molecule has 9 nitrogen and oxygen atoms in total. The first-order chi connectivity index (χ1) is 14.7. The summed E-state index contributed by atoms with van der Waals surface area (Å²) in [5.74, 6) is 1.36. The normalized spacial score (nSPS) is 12.6. The molecule has 3 N–H and O–H groups in total. The van der Waals surface area contributed by atoms with Crippen LogP contribution >= 0.6 is 0 Å². The highest BCUT2D eigenvalue weighted by atomic mass is 16.5. The van der Waals surface area contributed by atoms with Gasteiger partial charge in [0.25, 0.3) is 0 Å². The predicted molar refractivity (Wildman–Crippen MR) is 110 cm³/mol. The van der Waals surface area contributed by atoms with Crippen LogP contribution in [0.15, 0.2) is 48.7 Å². The second-order valence-electron chi connectivity index (χ2n) is 6.70. The van der Waals surface area contributed by atoms with Gasteiger partial charge in [0.2, 0.25) is 0 Å². The molecule has 0 atom stereocenters. The van der Waals surface area contributed by atoms with E-state index in [1.807, 2.05) is 42.5 Å². The van der Waals surface area contributed by atoms with Crippen molar-refractivity contribution in [1.29, 1.82) is 5.26 Å². The molecule has 5 rings (SSSR count). The maximum absolute atomic E-state index is 11.6. The monoisotopic (exact) mass is 400 g/mol. The molecule has 1 aliphatic heterocycles. The third kappa shape index (κ3) is 2.87. The fraction of sp³-hybridized carbons (Fsp3) is 0.0952. The zero-order chi connectivity index (χ0) is 20.7. The molecule has 3 heterocycles. The van der Waals surface area contributed by atoms with Crippen LogP contribution in [0.3, 0.4) is 0 Å². The van der Waals surface area contributed by atoms with E-state index in [1.165, 1.54) is 0 Å². The molecule has 0 fully saturated rings. The number of carbonyl (C=O) groups is 1. The number of rotatable bonds is 4. The van der Waals surface area contributed by atoms with Crippen LogP contribution in [0.5, 0.6) is 5.75 Å². The number of nitrogens with zero attached hydrogens (tertiary/aromatic N) is 3. The molecule has 148 valence electrons. The van der Waals surface area contributed by atoms with Crippen molar-refractivity contribution in [3.05, 3.63) is 59.8 Å². The largest absolute Gasteiger partial charge is 0.497 e. The number of anilines is 3. The lowest BCUT2D eigenvalue weighted by Gasteiger charge is -2.18. The third-order valence-electron chi connectivity index (χ3n) is 4.89. The molecule has 0 spiro atoms. The summed E-state index contributed by atoms with van der Waals surface area (Å²) in [6.45, 7) is 0.221. The fourth-order valence-corrected chi connectivity index (χ4v) is 3.41. The topological polar surface area (TPSA) is 116 Å². The SMILES string of the molecule is COc1cccc(Nc2c(-c3ccc4c(c3)NC(=O)OC4)nc3c(C#N)c[nH]n23)c1. The number of nitrogens with one attached hydrogen (secondary N) is 3. The summed E-state index contributed by atoms with van der Waals surface area (Å²) in [6, 6.07) is 15.3. The summed E-state index contributed by atoms with van der Waals surface area (Å²) in [7, 11) is 1.61. The van der Waals surface area contributed by atoms with Crippen molar-refractivity contribution in [1.82, 2.24) is 14.6 Å². The predicted octanol–water partition coefficient (Wildman–Crippen LogP) is 4.02. The number of amides is 1. The fourth-order valence-electron chi connectivity index (χ4n) is 3.41. The lowest BCUT2D eigenvalue weighted by atomic mass is 10.1. The van der Waals surface area contributed by atoms with Gasteiger partial charge < -0.3 is 14.8 Å². The summed E-state index contributed by atoms with van der Waals surface area (Å²) in [5.41, 5.74) is 4.69. The van der Waals surface area contributed by atoms with Crippen molar-refractivity contribution < 1.29 is 14.3 Å². The van der Waals surface area contributed by atoms with Gasteiger partial charge >= 0.3 is 6.09 Å². The van der Waals surface area contributed by atoms with Gasteiger partial charge in [-0.05, 0) is 18.2 Å². The highest BCUT2D eigenvalue weighted by Crippen LogP contribution is 2.35. The number of methoxy groups -OCH3 is 1. The molecule has 0 saturated carbocycles. The van der Waals surface area contributed by atoms with E-state index < -0.39 is 6.09 Å². The molecular weight excluding hydrogens is 384 g/mol. The van der Waals surface area contributed by atoms with Crippen LogP contribution in [0, 0.1) is 11.3 Å². The Bertz CT molecular complexity index is 1330. The van der Waals surface area contributed by atoms with Crippen LogP contribution in [0.1, 0.15) is 11.1 Å². The number of imidazole rings is 1. The van der Waals surface area contributed by atoms with E-state index in [2.05, 4.69) is 21.8 Å². The summed E-state index contributed by atoms with van der Waals surface area (Å²) >= 11 is 0. The zero-order valence-corrected chi connectivity index (χ0v) is 15.9. The summed E-state index contributed by atoms with van der Waals surface area (Å²) in [5, 5.41) is 18.6. The Hall–Kier alpha value is -4.45. The maximum atomic E-state index is 11.6. The van der Waals surface area contributed by atoms with E-state index in [-0.39, 0.29) is 6.61 Å². The molecule has 0 radical (unpaired) electrons. The Morgan fingerprint density at radius 2 is 2.20 bits per heavy atom. The number of aromatic nitrogens is 3. The number of ether oxygens (including phenoxy) is 2. The first-order valence-electron chi connectivity index (χ1n) is 9.14. The molecule has 0 unspecified atom stereocenters. The van der Waals surface area contributed by atoms with Gasteiger partial charge in [0, 0.05) is 29.1 Å². The van der Waals surface area contributed by atoms with Crippen LogP contribution < -0.4 is 15.4 Å². The molecule has 9 heteroatoms.